The summed E-state index contributed by atoms with van der Waals surface area (Å²) in [6.07, 6.45) is 14.3. The van der Waals surface area contributed by atoms with Crippen molar-refractivity contribution < 1.29 is 33.6 Å². The maximum absolute atomic E-state index is 12.4. The zero-order valence-electron chi connectivity index (χ0n) is 22.4. The Morgan fingerprint density at radius 1 is 0.972 bits per heavy atom. The molecule has 1 N–H and O–H groups in total. The second-order valence-corrected chi connectivity index (χ2v) is 9.49. The molecule has 0 radical (unpaired) electrons. The molecule has 0 heterocycles. The first kappa shape index (κ1) is 29.7. The summed E-state index contributed by atoms with van der Waals surface area (Å²) in [7, 11) is 4.54. The van der Waals surface area contributed by atoms with E-state index in [1.807, 2.05) is 0 Å². The van der Waals surface area contributed by atoms with E-state index in [1.54, 1.807) is 12.1 Å². The summed E-state index contributed by atoms with van der Waals surface area (Å²) in [5.74, 6) is 1.36. The lowest BCUT2D eigenvalue weighted by Crippen LogP contribution is -2.18. The lowest BCUT2D eigenvalue weighted by Gasteiger charge is -2.17. The molecule has 1 fully saturated rings. The van der Waals surface area contributed by atoms with E-state index in [9.17, 15) is 14.7 Å². The van der Waals surface area contributed by atoms with Crippen molar-refractivity contribution >= 4 is 11.8 Å². The first-order valence-electron chi connectivity index (χ1n) is 13.3. The number of esters is 1. The van der Waals surface area contributed by atoms with Crippen LogP contribution in [0.4, 0.5) is 0 Å². The predicted octanol–water partition coefficient (Wildman–Crippen LogP) is 6.05. The smallest absolute Gasteiger partial charge is 0.311 e. The second-order valence-electron chi connectivity index (χ2n) is 9.49. The molecule has 1 aliphatic rings. The zero-order valence-corrected chi connectivity index (χ0v) is 22.4. The molecule has 0 bridgehead atoms. The van der Waals surface area contributed by atoms with E-state index in [0.29, 0.717) is 35.8 Å². The number of ketones is 1. The number of methoxy groups -OCH3 is 3. The largest absolute Gasteiger partial charge is 0.493 e. The normalized spacial score (nSPS) is 19.6. The molecular formula is C29H44O7. The minimum atomic E-state index is -0.556. The molecule has 1 aliphatic carbocycles. The summed E-state index contributed by atoms with van der Waals surface area (Å²) in [5.41, 5.74) is 0. The molecule has 0 saturated heterocycles. The number of Topliss-reactive ketones (excluding diaryl/α,β-unsaturated/α-hetero) is 1. The lowest BCUT2D eigenvalue weighted by atomic mass is 9.88. The van der Waals surface area contributed by atoms with Gasteiger partial charge in [-0.15, -0.1) is 0 Å². The molecule has 1 aromatic carbocycles. The van der Waals surface area contributed by atoms with Crippen LogP contribution in [0.5, 0.6) is 23.0 Å². The molecule has 0 aliphatic heterocycles. The Hall–Kier alpha value is -2.54. The molecule has 2 rings (SSSR count). The first-order valence-corrected chi connectivity index (χ1v) is 13.3. The molecule has 1 aromatic rings. The van der Waals surface area contributed by atoms with Gasteiger partial charge >= 0.3 is 5.97 Å². The number of hydrogen-bond donors (Lipinski definition) is 1. The number of ether oxygens (including phenoxy) is 4. The third-order valence-corrected chi connectivity index (χ3v) is 6.83. The highest BCUT2D eigenvalue weighted by Crippen LogP contribution is 2.41. The van der Waals surface area contributed by atoms with Gasteiger partial charge < -0.3 is 24.1 Å². The number of carbonyl (C=O) groups excluding carboxylic acids is 2. The Balaban J connectivity index is 1.71. The second kappa shape index (κ2) is 16.3. The first-order chi connectivity index (χ1) is 17.4. The number of rotatable bonds is 17. The van der Waals surface area contributed by atoms with Crippen molar-refractivity contribution in [2.45, 2.75) is 90.1 Å². The summed E-state index contributed by atoms with van der Waals surface area (Å²) in [4.78, 5) is 24.7. The number of hydrogen-bond acceptors (Lipinski definition) is 7. The molecule has 0 amide bonds. The van der Waals surface area contributed by atoms with Crippen LogP contribution >= 0.6 is 0 Å². The standard InChI is InChI=1S/C29H44O7/c1-5-6-7-8-9-12-15-22-23(25(31)20-24(22)30)16-13-10-11-14-17-28(32)36-21-18-26(33-2)29(35-4)27(19-21)34-3/h12,15,18-19,22-24,30H,5-11,13-14,16-17,20H2,1-4H3/b15-12+/t22-,23-,24-/m1/s1. The Morgan fingerprint density at radius 3 is 2.28 bits per heavy atom. The van der Waals surface area contributed by atoms with E-state index >= 15 is 0 Å². The molecule has 7 nitrogen and oxygen atoms in total. The van der Waals surface area contributed by atoms with Crippen LogP contribution in [-0.4, -0.2) is 44.3 Å². The Bertz CT molecular complexity index is 823. The fourth-order valence-corrected chi connectivity index (χ4v) is 4.82. The van der Waals surface area contributed by atoms with E-state index in [1.165, 1.54) is 40.6 Å². The predicted molar refractivity (Wildman–Crippen MR) is 140 cm³/mol. The van der Waals surface area contributed by atoms with Gasteiger partial charge in [0.2, 0.25) is 5.75 Å². The number of aliphatic hydroxyl groups excluding tert-OH is 1. The minimum Gasteiger partial charge on any atom is -0.493 e. The topological polar surface area (TPSA) is 91.3 Å². The van der Waals surface area contributed by atoms with E-state index in [2.05, 4.69) is 19.1 Å². The Morgan fingerprint density at radius 2 is 1.64 bits per heavy atom. The average Bonchev–Trinajstić information content (AvgIpc) is 3.14. The van der Waals surface area contributed by atoms with Gasteiger partial charge in [-0.1, -0.05) is 57.6 Å². The highest BCUT2D eigenvalue weighted by atomic mass is 16.5. The van der Waals surface area contributed by atoms with Crippen molar-refractivity contribution in [1.82, 2.24) is 0 Å². The van der Waals surface area contributed by atoms with Gasteiger partial charge in [-0.2, -0.15) is 0 Å². The van der Waals surface area contributed by atoms with Crippen LogP contribution in [0.2, 0.25) is 0 Å². The summed E-state index contributed by atoms with van der Waals surface area (Å²) in [5, 5.41) is 10.3. The van der Waals surface area contributed by atoms with E-state index in [0.717, 1.165) is 38.5 Å². The molecule has 0 spiro atoms. The van der Waals surface area contributed by atoms with Crippen LogP contribution in [-0.2, 0) is 9.59 Å². The number of unbranched alkanes of at least 4 members (excludes halogenated alkanes) is 7. The van der Waals surface area contributed by atoms with Gasteiger partial charge in [0.25, 0.3) is 0 Å². The van der Waals surface area contributed by atoms with Crippen LogP contribution in [0, 0.1) is 11.8 Å². The van der Waals surface area contributed by atoms with Gasteiger partial charge in [-0.25, -0.2) is 0 Å². The van der Waals surface area contributed by atoms with E-state index < -0.39 is 6.10 Å². The quantitative estimate of drug-likeness (QED) is 0.119. The number of carbonyl (C=O) groups is 2. The van der Waals surface area contributed by atoms with Gasteiger partial charge in [0.15, 0.2) is 11.5 Å². The van der Waals surface area contributed by atoms with Crippen molar-refractivity contribution in [3.05, 3.63) is 24.3 Å². The van der Waals surface area contributed by atoms with Gasteiger partial charge in [-0.3, -0.25) is 9.59 Å². The minimum absolute atomic E-state index is 0.0582. The average molecular weight is 505 g/mol. The van der Waals surface area contributed by atoms with Crippen molar-refractivity contribution in [1.29, 1.82) is 0 Å². The van der Waals surface area contributed by atoms with Crippen molar-refractivity contribution in [3.63, 3.8) is 0 Å². The van der Waals surface area contributed by atoms with Crippen LogP contribution in [0.25, 0.3) is 0 Å². The van der Waals surface area contributed by atoms with Gasteiger partial charge in [0.05, 0.1) is 27.4 Å². The molecule has 3 atom stereocenters. The highest BCUT2D eigenvalue weighted by Gasteiger charge is 2.39. The van der Waals surface area contributed by atoms with Crippen LogP contribution in [0.1, 0.15) is 84.0 Å². The lowest BCUT2D eigenvalue weighted by molar-refractivity contribution is -0.134. The van der Waals surface area contributed by atoms with Crippen molar-refractivity contribution in [2.24, 2.45) is 11.8 Å². The maximum Gasteiger partial charge on any atom is 0.311 e. The van der Waals surface area contributed by atoms with E-state index in [4.69, 9.17) is 18.9 Å². The van der Waals surface area contributed by atoms with Crippen LogP contribution < -0.4 is 18.9 Å². The van der Waals surface area contributed by atoms with E-state index in [-0.39, 0.29) is 30.0 Å². The summed E-state index contributed by atoms with van der Waals surface area (Å²) >= 11 is 0. The maximum atomic E-state index is 12.4. The molecule has 36 heavy (non-hydrogen) atoms. The molecule has 1 saturated carbocycles. The fourth-order valence-electron chi connectivity index (χ4n) is 4.82. The van der Waals surface area contributed by atoms with Gasteiger partial charge in [-0.05, 0) is 25.7 Å². The third-order valence-electron chi connectivity index (χ3n) is 6.83. The summed E-state index contributed by atoms with van der Waals surface area (Å²) in [6, 6.07) is 3.20. The Labute approximate surface area is 216 Å². The highest BCUT2D eigenvalue weighted by molar-refractivity contribution is 5.84. The number of allylic oxidation sites excluding steroid dienone is 1. The third kappa shape index (κ3) is 9.16. The monoisotopic (exact) mass is 504 g/mol. The summed E-state index contributed by atoms with van der Waals surface area (Å²) in [6.45, 7) is 2.20. The SMILES string of the molecule is CCCCCC/C=C/[C@H]1[C@H](O)CC(=O)[C@@H]1CCCCCCC(=O)Oc1cc(OC)c(OC)c(OC)c1. The molecular weight excluding hydrogens is 460 g/mol. The fraction of sp³-hybridized carbons (Fsp3) is 0.655. The number of benzene rings is 1. The molecule has 0 unspecified atom stereocenters. The molecule has 202 valence electrons. The number of aliphatic hydroxyl groups is 1. The van der Waals surface area contributed by atoms with Gasteiger partial charge in [0, 0.05) is 36.8 Å². The molecule has 7 heteroatoms. The Kier molecular flexibility index (Phi) is 13.4. The van der Waals surface area contributed by atoms with Crippen molar-refractivity contribution in [3.8, 4) is 23.0 Å². The van der Waals surface area contributed by atoms with Crippen LogP contribution in [0.3, 0.4) is 0 Å². The van der Waals surface area contributed by atoms with Crippen LogP contribution in [0.15, 0.2) is 24.3 Å². The van der Waals surface area contributed by atoms with Gasteiger partial charge in [0.1, 0.15) is 11.5 Å². The van der Waals surface area contributed by atoms with Crippen molar-refractivity contribution in [2.75, 3.05) is 21.3 Å². The molecule has 0 aromatic heterocycles. The summed E-state index contributed by atoms with van der Waals surface area (Å²) < 4.78 is 21.3. The zero-order chi connectivity index (χ0) is 26.3.